The van der Waals surface area contributed by atoms with E-state index in [-0.39, 0.29) is 23.5 Å². The number of Topliss-reactive ketones (excluding diaryl/α,β-unsaturated/α-hetero) is 1. The Bertz CT molecular complexity index is 453. The van der Waals surface area contributed by atoms with Crippen molar-refractivity contribution in [3.8, 4) is 0 Å². The molecule has 5 rings (SSSR count). The van der Waals surface area contributed by atoms with Crippen LogP contribution in [0.2, 0.25) is 0 Å². The molecule has 0 aromatic heterocycles. The standard InChI is InChI=1S/C15H20O3/c1-14(2)17-12-9-6-7-15(3,13(12)18-14)11-8(9)4-5-10(11)16/h6-9,11-13H,4-5H2,1-3H3. The van der Waals surface area contributed by atoms with Crippen LogP contribution in [0, 0.1) is 23.2 Å². The van der Waals surface area contributed by atoms with Gasteiger partial charge < -0.3 is 9.47 Å². The summed E-state index contributed by atoms with van der Waals surface area (Å²) >= 11 is 0. The first-order chi connectivity index (χ1) is 8.42. The summed E-state index contributed by atoms with van der Waals surface area (Å²) in [6.07, 6.45) is 6.47. The maximum atomic E-state index is 12.2. The summed E-state index contributed by atoms with van der Waals surface area (Å²) in [4.78, 5) is 12.2. The van der Waals surface area contributed by atoms with E-state index in [0.717, 1.165) is 12.8 Å². The summed E-state index contributed by atoms with van der Waals surface area (Å²) in [5, 5.41) is 0. The second kappa shape index (κ2) is 3.07. The van der Waals surface area contributed by atoms with Gasteiger partial charge in [-0.2, -0.15) is 0 Å². The Morgan fingerprint density at radius 2 is 2.06 bits per heavy atom. The van der Waals surface area contributed by atoms with Crippen molar-refractivity contribution in [2.75, 3.05) is 0 Å². The summed E-state index contributed by atoms with van der Waals surface area (Å²) in [6, 6.07) is 0. The van der Waals surface area contributed by atoms with Gasteiger partial charge in [0.25, 0.3) is 0 Å². The minimum atomic E-state index is -0.511. The molecule has 0 aromatic carbocycles. The SMILES string of the molecule is CC1(C)OC2C3C=CC(C)(C2O1)C1C(=O)CCC31. The Morgan fingerprint density at radius 3 is 2.83 bits per heavy atom. The third-order valence-electron chi connectivity index (χ3n) is 5.46. The molecule has 98 valence electrons. The van der Waals surface area contributed by atoms with Gasteiger partial charge in [0.2, 0.25) is 0 Å². The Kier molecular flexibility index (Phi) is 1.91. The lowest BCUT2D eigenvalue weighted by atomic mass is 9.53. The number of ketones is 1. The molecule has 3 fully saturated rings. The van der Waals surface area contributed by atoms with Crippen LogP contribution in [0.3, 0.4) is 0 Å². The molecule has 4 aliphatic carbocycles. The second-order valence-corrected chi connectivity index (χ2v) is 6.97. The summed E-state index contributed by atoms with van der Waals surface area (Å²) < 4.78 is 12.2. The van der Waals surface area contributed by atoms with E-state index in [1.165, 1.54) is 0 Å². The van der Waals surface area contributed by atoms with Gasteiger partial charge in [-0.25, -0.2) is 0 Å². The molecule has 0 spiro atoms. The van der Waals surface area contributed by atoms with Crippen LogP contribution in [-0.4, -0.2) is 23.8 Å². The van der Waals surface area contributed by atoms with Crippen molar-refractivity contribution in [3.05, 3.63) is 12.2 Å². The van der Waals surface area contributed by atoms with Crippen LogP contribution in [-0.2, 0) is 14.3 Å². The van der Waals surface area contributed by atoms with E-state index in [4.69, 9.17) is 9.47 Å². The molecule has 0 amide bonds. The van der Waals surface area contributed by atoms with Gasteiger partial charge in [-0.1, -0.05) is 19.1 Å². The van der Waals surface area contributed by atoms with Gasteiger partial charge in [-0.3, -0.25) is 4.79 Å². The third-order valence-corrected chi connectivity index (χ3v) is 5.46. The Morgan fingerprint density at radius 1 is 1.28 bits per heavy atom. The molecule has 0 radical (unpaired) electrons. The van der Waals surface area contributed by atoms with Crippen molar-refractivity contribution >= 4 is 5.78 Å². The van der Waals surface area contributed by atoms with E-state index in [0.29, 0.717) is 17.6 Å². The molecule has 1 saturated heterocycles. The highest BCUT2D eigenvalue weighted by molar-refractivity contribution is 5.85. The zero-order chi connectivity index (χ0) is 12.7. The van der Waals surface area contributed by atoms with Crippen molar-refractivity contribution < 1.29 is 14.3 Å². The first-order valence-corrected chi connectivity index (χ1v) is 7.00. The summed E-state index contributed by atoms with van der Waals surface area (Å²) in [5.41, 5.74) is -0.161. The van der Waals surface area contributed by atoms with E-state index in [1.807, 2.05) is 13.8 Å². The van der Waals surface area contributed by atoms with E-state index in [1.54, 1.807) is 0 Å². The fourth-order valence-electron chi connectivity index (χ4n) is 4.83. The van der Waals surface area contributed by atoms with Crippen LogP contribution < -0.4 is 0 Å². The Balaban J connectivity index is 1.82. The third kappa shape index (κ3) is 1.15. The van der Waals surface area contributed by atoms with Gasteiger partial charge in [0.15, 0.2) is 5.79 Å². The van der Waals surface area contributed by atoms with Crippen LogP contribution in [0.25, 0.3) is 0 Å². The number of hydrogen-bond acceptors (Lipinski definition) is 3. The lowest BCUT2D eigenvalue weighted by Crippen LogP contribution is -2.58. The topological polar surface area (TPSA) is 35.5 Å². The molecule has 5 aliphatic rings. The first-order valence-electron chi connectivity index (χ1n) is 7.00. The van der Waals surface area contributed by atoms with E-state index in [9.17, 15) is 4.79 Å². The van der Waals surface area contributed by atoms with Crippen molar-refractivity contribution in [2.45, 2.75) is 51.6 Å². The summed E-state index contributed by atoms with van der Waals surface area (Å²) in [5.74, 6) is 0.930. The van der Waals surface area contributed by atoms with Crippen molar-refractivity contribution in [3.63, 3.8) is 0 Å². The number of carbonyl (C=O) groups is 1. The van der Waals surface area contributed by atoms with Gasteiger partial charge >= 0.3 is 0 Å². The fraction of sp³-hybridized carbons (Fsp3) is 0.800. The Hall–Kier alpha value is -0.670. The smallest absolute Gasteiger partial charge is 0.163 e. The molecular weight excluding hydrogens is 228 g/mol. The molecule has 1 heterocycles. The molecule has 0 aromatic rings. The molecule has 6 atom stereocenters. The molecule has 18 heavy (non-hydrogen) atoms. The number of carbonyl (C=O) groups excluding carboxylic acids is 1. The molecule has 0 N–H and O–H groups in total. The van der Waals surface area contributed by atoms with Crippen LogP contribution in [0.5, 0.6) is 0 Å². The van der Waals surface area contributed by atoms with E-state index >= 15 is 0 Å². The average Bonchev–Trinajstić information content (AvgIpc) is 2.81. The summed E-state index contributed by atoms with van der Waals surface area (Å²) in [6.45, 7) is 6.14. The number of hydrogen-bond donors (Lipinski definition) is 0. The number of ether oxygens (including phenoxy) is 2. The second-order valence-electron chi connectivity index (χ2n) is 6.97. The monoisotopic (exact) mass is 248 g/mol. The largest absolute Gasteiger partial charge is 0.344 e. The van der Waals surface area contributed by atoms with Gasteiger partial charge in [-0.05, 0) is 26.2 Å². The predicted molar refractivity (Wildman–Crippen MR) is 65.8 cm³/mol. The summed E-state index contributed by atoms with van der Waals surface area (Å²) in [7, 11) is 0. The van der Waals surface area contributed by atoms with Crippen molar-refractivity contribution in [1.82, 2.24) is 0 Å². The highest BCUT2D eigenvalue weighted by Gasteiger charge is 2.66. The molecule has 2 saturated carbocycles. The van der Waals surface area contributed by atoms with Gasteiger partial charge in [0, 0.05) is 23.7 Å². The molecule has 6 unspecified atom stereocenters. The predicted octanol–water partition coefficient (Wildman–Crippen LogP) is 2.31. The van der Waals surface area contributed by atoms with Crippen LogP contribution in [0.1, 0.15) is 33.6 Å². The molecule has 1 aliphatic heterocycles. The van der Waals surface area contributed by atoms with Crippen LogP contribution in [0.15, 0.2) is 12.2 Å². The van der Waals surface area contributed by atoms with Crippen molar-refractivity contribution in [1.29, 1.82) is 0 Å². The van der Waals surface area contributed by atoms with Gasteiger partial charge in [0.05, 0.1) is 12.2 Å². The van der Waals surface area contributed by atoms with Crippen molar-refractivity contribution in [2.24, 2.45) is 23.2 Å². The number of rotatable bonds is 0. The van der Waals surface area contributed by atoms with E-state index in [2.05, 4.69) is 19.1 Å². The highest BCUT2D eigenvalue weighted by atomic mass is 16.8. The zero-order valence-electron chi connectivity index (χ0n) is 11.2. The van der Waals surface area contributed by atoms with Gasteiger partial charge in [0.1, 0.15) is 5.78 Å². The lowest BCUT2D eigenvalue weighted by Gasteiger charge is -2.53. The molecular formula is C15H20O3. The molecule has 2 bridgehead atoms. The zero-order valence-corrected chi connectivity index (χ0v) is 11.2. The van der Waals surface area contributed by atoms with Crippen LogP contribution >= 0.6 is 0 Å². The molecule has 3 heteroatoms. The molecule has 3 nitrogen and oxygen atoms in total. The van der Waals surface area contributed by atoms with Crippen LogP contribution in [0.4, 0.5) is 0 Å². The first kappa shape index (κ1) is 11.2. The highest BCUT2D eigenvalue weighted by Crippen LogP contribution is 2.61. The lowest BCUT2D eigenvalue weighted by molar-refractivity contribution is -0.156. The fourth-order valence-corrected chi connectivity index (χ4v) is 4.83. The normalized spacial score (nSPS) is 55.7. The van der Waals surface area contributed by atoms with Gasteiger partial charge in [-0.15, -0.1) is 0 Å². The quantitative estimate of drug-likeness (QED) is 0.617. The maximum Gasteiger partial charge on any atom is 0.163 e. The Labute approximate surface area is 108 Å². The van der Waals surface area contributed by atoms with E-state index < -0.39 is 5.79 Å². The minimum absolute atomic E-state index is 0.0470. The maximum absolute atomic E-state index is 12.2. The minimum Gasteiger partial charge on any atom is -0.344 e. The average molecular weight is 248 g/mol.